The number of rotatable bonds is 4. The van der Waals surface area contributed by atoms with Gasteiger partial charge in [0.05, 0.1) is 0 Å². The summed E-state index contributed by atoms with van der Waals surface area (Å²) in [4.78, 5) is 0. The van der Waals surface area contributed by atoms with E-state index in [1.165, 1.54) is 11.6 Å². The maximum atomic E-state index is 10.6. The summed E-state index contributed by atoms with van der Waals surface area (Å²) >= 11 is 0. The maximum Gasteiger partial charge on any atom is 0.165 e. The molecule has 0 saturated carbocycles. The van der Waals surface area contributed by atoms with Crippen LogP contribution < -0.4 is 0 Å². The molecule has 3 heteroatoms. The van der Waals surface area contributed by atoms with E-state index in [4.69, 9.17) is 0 Å². The third kappa shape index (κ3) is 2.56. The summed E-state index contributed by atoms with van der Waals surface area (Å²) in [7, 11) is 0. The van der Waals surface area contributed by atoms with Crippen LogP contribution in [-0.4, -0.2) is 15.3 Å². The first-order valence-corrected chi connectivity index (χ1v) is 7.42. The predicted octanol–water partition coefficient (Wildman–Crippen LogP) is 4.16. The van der Waals surface area contributed by atoms with Crippen LogP contribution in [0.15, 0.2) is 24.3 Å². The first-order chi connectivity index (χ1) is 10.0. The van der Waals surface area contributed by atoms with E-state index in [2.05, 4.69) is 6.92 Å². The standard InChI is InChI=1S/C18H22O3/c1-4-11-10-12(5-2)17(20)16(13(11)6-3)14-8-7-9-15(19)18(14)21/h7-10,19-21H,4-6H2,1-3H3. The maximum absolute atomic E-state index is 10.6. The summed E-state index contributed by atoms with van der Waals surface area (Å²) in [6.45, 7) is 6.10. The Morgan fingerprint density at radius 2 is 1.48 bits per heavy atom. The molecule has 0 amide bonds. The molecule has 0 aliphatic rings. The van der Waals surface area contributed by atoms with Crippen molar-refractivity contribution < 1.29 is 15.3 Å². The van der Waals surface area contributed by atoms with Crippen LogP contribution in [0.4, 0.5) is 0 Å². The number of benzene rings is 2. The lowest BCUT2D eigenvalue weighted by Crippen LogP contribution is -1.99. The van der Waals surface area contributed by atoms with E-state index < -0.39 is 0 Å². The van der Waals surface area contributed by atoms with Crippen LogP contribution in [0.3, 0.4) is 0 Å². The van der Waals surface area contributed by atoms with Gasteiger partial charge in [0.25, 0.3) is 0 Å². The number of para-hydroxylation sites is 1. The summed E-state index contributed by atoms with van der Waals surface area (Å²) in [6, 6.07) is 6.87. The molecule has 112 valence electrons. The number of phenols is 3. The molecule has 2 rings (SSSR count). The second kappa shape index (κ2) is 6.08. The molecule has 0 saturated heterocycles. The zero-order valence-electron chi connectivity index (χ0n) is 12.8. The van der Waals surface area contributed by atoms with Crippen molar-refractivity contribution in [3.63, 3.8) is 0 Å². The van der Waals surface area contributed by atoms with E-state index >= 15 is 0 Å². The molecular formula is C18H22O3. The Morgan fingerprint density at radius 3 is 2.05 bits per heavy atom. The van der Waals surface area contributed by atoms with Gasteiger partial charge in [-0.3, -0.25) is 0 Å². The summed E-state index contributed by atoms with van der Waals surface area (Å²) in [5.74, 6) is -0.154. The van der Waals surface area contributed by atoms with Gasteiger partial charge in [-0.15, -0.1) is 0 Å². The molecule has 3 nitrogen and oxygen atoms in total. The number of aryl methyl sites for hydroxylation is 2. The Kier molecular flexibility index (Phi) is 4.41. The van der Waals surface area contributed by atoms with Gasteiger partial charge in [0.1, 0.15) is 5.75 Å². The molecule has 3 N–H and O–H groups in total. The molecule has 0 aromatic heterocycles. The third-order valence-corrected chi connectivity index (χ3v) is 3.98. The van der Waals surface area contributed by atoms with Gasteiger partial charge >= 0.3 is 0 Å². The van der Waals surface area contributed by atoms with E-state index in [-0.39, 0.29) is 17.2 Å². The van der Waals surface area contributed by atoms with Crippen LogP contribution in [0.2, 0.25) is 0 Å². The molecule has 2 aromatic carbocycles. The zero-order chi connectivity index (χ0) is 15.6. The normalized spacial score (nSPS) is 10.8. The lowest BCUT2D eigenvalue weighted by Gasteiger charge is -2.19. The molecule has 0 aliphatic heterocycles. The van der Waals surface area contributed by atoms with E-state index in [0.717, 1.165) is 30.4 Å². The molecule has 2 aromatic rings. The fourth-order valence-electron chi connectivity index (χ4n) is 2.84. The van der Waals surface area contributed by atoms with E-state index in [1.807, 2.05) is 19.9 Å². The van der Waals surface area contributed by atoms with Crippen molar-refractivity contribution in [3.05, 3.63) is 41.0 Å². The van der Waals surface area contributed by atoms with E-state index in [9.17, 15) is 15.3 Å². The quantitative estimate of drug-likeness (QED) is 0.740. The van der Waals surface area contributed by atoms with E-state index in [0.29, 0.717) is 11.1 Å². The van der Waals surface area contributed by atoms with Crippen molar-refractivity contribution in [3.8, 4) is 28.4 Å². The van der Waals surface area contributed by atoms with E-state index in [1.54, 1.807) is 12.1 Å². The number of phenolic OH excluding ortho intramolecular Hbond substituents is 3. The lowest BCUT2D eigenvalue weighted by atomic mass is 9.88. The van der Waals surface area contributed by atoms with Crippen molar-refractivity contribution in [2.45, 2.75) is 40.0 Å². The molecule has 0 fully saturated rings. The van der Waals surface area contributed by atoms with Crippen LogP contribution in [0.5, 0.6) is 17.2 Å². The van der Waals surface area contributed by atoms with Crippen LogP contribution in [0.25, 0.3) is 11.1 Å². The fourth-order valence-corrected chi connectivity index (χ4v) is 2.84. The van der Waals surface area contributed by atoms with Crippen molar-refractivity contribution >= 4 is 0 Å². The number of hydrogen-bond acceptors (Lipinski definition) is 3. The largest absolute Gasteiger partial charge is 0.507 e. The Morgan fingerprint density at radius 1 is 0.810 bits per heavy atom. The van der Waals surface area contributed by atoms with Gasteiger partial charge in [0.15, 0.2) is 11.5 Å². The monoisotopic (exact) mass is 286 g/mol. The van der Waals surface area contributed by atoms with Crippen LogP contribution >= 0.6 is 0 Å². The first-order valence-electron chi connectivity index (χ1n) is 7.42. The minimum atomic E-state index is -0.183. The highest BCUT2D eigenvalue weighted by Gasteiger charge is 2.20. The molecule has 0 spiro atoms. The molecule has 0 aliphatic carbocycles. The van der Waals surface area contributed by atoms with Gasteiger partial charge in [0, 0.05) is 11.1 Å². The Labute approximate surface area is 125 Å². The molecule has 21 heavy (non-hydrogen) atoms. The zero-order valence-corrected chi connectivity index (χ0v) is 12.8. The molecule has 0 heterocycles. The van der Waals surface area contributed by atoms with Gasteiger partial charge in [-0.05, 0) is 42.0 Å². The molecule has 0 atom stereocenters. The summed E-state index contributed by atoms with van der Waals surface area (Å²) < 4.78 is 0. The average molecular weight is 286 g/mol. The van der Waals surface area contributed by atoms with Gasteiger partial charge in [0.2, 0.25) is 0 Å². The van der Waals surface area contributed by atoms with Gasteiger partial charge in [-0.25, -0.2) is 0 Å². The highest BCUT2D eigenvalue weighted by Crippen LogP contribution is 2.44. The predicted molar refractivity (Wildman–Crippen MR) is 85.0 cm³/mol. The van der Waals surface area contributed by atoms with Crippen molar-refractivity contribution in [1.82, 2.24) is 0 Å². The second-order valence-corrected chi connectivity index (χ2v) is 5.13. The van der Waals surface area contributed by atoms with Crippen LogP contribution in [-0.2, 0) is 19.3 Å². The summed E-state index contributed by atoms with van der Waals surface area (Å²) in [5, 5.41) is 30.5. The molecular weight excluding hydrogens is 264 g/mol. The minimum Gasteiger partial charge on any atom is -0.507 e. The summed E-state index contributed by atoms with van der Waals surface area (Å²) in [6.07, 6.45) is 2.34. The van der Waals surface area contributed by atoms with Crippen LogP contribution in [0, 0.1) is 0 Å². The Balaban J connectivity index is 2.86. The number of hydrogen-bond donors (Lipinski definition) is 3. The fraction of sp³-hybridized carbons (Fsp3) is 0.333. The Hall–Kier alpha value is -2.16. The van der Waals surface area contributed by atoms with Crippen molar-refractivity contribution in [2.75, 3.05) is 0 Å². The minimum absolute atomic E-state index is 0.172. The highest BCUT2D eigenvalue weighted by atomic mass is 16.3. The van der Waals surface area contributed by atoms with Gasteiger partial charge < -0.3 is 15.3 Å². The smallest absolute Gasteiger partial charge is 0.165 e. The second-order valence-electron chi connectivity index (χ2n) is 5.13. The molecule has 0 radical (unpaired) electrons. The number of aromatic hydroxyl groups is 3. The Bertz CT molecular complexity index is 660. The van der Waals surface area contributed by atoms with Gasteiger partial charge in [-0.2, -0.15) is 0 Å². The molecule has 0 unspecified atom stereocenters. The topological polar surface area (TPSA) is 60.7 Å². The lowest BCUT2D eigenvalue weighted by molar-refractivity contribution is 0.404. The molecule has 0 bridgehead atoms. The average Bonchev–Trinajstić information content (AvgIpc) is 2.50. The third-order valence-electron chi connectivity index (χ3n) is 3.98. The van der Waals surface area contributed by atoms with Crippen molar-refractivity contribution in [2.24, 2.45) is 0 Å². The van der Waals surface area contributed by atoms with Crippen molar-refractivity contribution in [1.29, 1.82) is 0 Å². The highest BCUT2D eigenvalue weighted by molar-refractivity contribution is 5.82. The summed E-state index contributed by atoms with van der Waals surface area (Å²) in [5.41, 5.74) is 4.18. The van der Waals surface area contributed by atoms with Crippen LogP contribution in [0.1, 0.15) is 37.5 Å². The SMILES string of the molecule is CCc1cc(CC)c(CC)c(-c2cccc(O)c2O)c1O. The first kappa shape index (κ1) is 15.2. The van der Waals surface area contributed by atoms with Gasteiger partial charge in [-0.1, -0.05) is 39.0 Å².